The van der Waals surface area contributed by atoms with Crippen LogP contribution in [0, 0.1) is 0 Å². The molecule has 0 aromatic carbocycles. The first kappa shape index (κ1) is 12.5. The van der Waals surface area contributed by atoms with Gasteiger partial charge in [-0.1, -0.05) is 12.1 Å². The second-order valence-electron chi connectivity index (χ2n) is 4.81. The molecule has 1 aliphatic rings. The second-order valence-corrected chi connectivity index (χ2v) is 4.81. The van der Waals surface area contributed by atoms with Crippen molar-refractivity contribution in [2.45, 2.75) is 51.4 Å². The number of ether oxygens (including phenoxy) is 1. The molecular formula is C12H22N4O. The Hall–Kier alpha value is -0.940. The minimum Gasteiger partial charge on any atom is -0.374 e. The summed E-state index contributed by atoms with van der Waals surface area (Å²) in [4.78, 5) is 0. The van der Waals surface area contributed by atoms with Crippen molar-refractivity contribution in [3.8, 4) is 0 Å². The molecule has 5 heteroatoms. The minimum absolute atomic E-state index is 0.312. The summed E-state index contributed by atoms with van der Waals surface area (Å²) >= 11 is 0. The number of rotatable bonds is 5. The quantitative estimate of drug-likeness (QED) is 0.828. The lowest BCUT2D eigenvalue weighted by Gasteiger charge is -2.23. The third-order valence-corrected chi connectivity index (χ3v) is 3.26. The van der Waals surface area contributed by atoms with Gasteiger partial charge in [-0.15, -0.1) is 5.10 Å². The number of aryl methyl sites for hydroxylation is 1. The van der Waals surface area contributed by atoms with Crippen molar-refractivity contribution >= 4 is 0 Å². The molecule has 0 bridgehead atoms. The lowest BCUT2D eigenvalue weighted by Crippen LogP contribution is -2.41. The first-order chi connectivity index (χ1) is 8.19. The van der Waals surface area contributed by atoms with Gasteiger partial charge in [-0.25, -0.2) is 0 Å². The predicted molar refractivity (Wildman–Crippen MR) is 65.7 cm³/mol. The van der Waals surface area contributed by atoms with Crippen molar-refractivity contribution in [2.24, 2.45) is 7.05 Å². The molecule has 1 saturated heterocycles. The summed E-state index contributed by atoms with van der Waals surface area (Å²) in [5.41, 5.74) is 1.03. The summed E-state index contributed by atoms with van der Waals surface area (Å²) in [6.45, 7) is 5.23. The Morgan fingerprint density at radius 1 is 1.59 bits per heavy atom. The molecule has 2 heterocycles. The van der Waals surface area contributed by atoms with E-state index in [1.54, 1.807) is 4.68 Å². The second kappa shape index (κ2) is 5.60. The van der Waals surface area contributed by atoms with Crippen molar-refractivity contribution in [1.82, 2.24) is 20.3 Å². The standard InChI is InChI=1S/C12H22N4O/c1-4-13-11(12-6-5-9(2)17-12)7-10-8-16(3)15-14-10/h8-9,11-13H,4-7H2,1-3H3. The topological polar surface area (TPSA) is 52.0 Å². The largest absolute Gasteiger partial charge is 0.374 e. The van der Waals surface area contributed by atoms with Gasteiger partial charge in [0.15, 0.2) is 0 Å². The van der Waals surface area contributed by atoms with Crippen LogP contribution in [0.3, 0.4) is 0 Å². The molecule has 0 saturated carbocycles. The lowest BCUT2D eigenvalue weighted by molar-refractivity contribution is 0.0322. The van der Waals surface area contributed by atoms with Crippen LogP contribution < -0.4 is 5.32 Å². The maximum atomic E-state index is 5.94. The first-order valence-corrected chi connectivity index (χ1v) is 6.43. The highest BCUT2D eigenvalue weighted by Gasteiger charge is 2.29. The maximum Gasteiger partial charge on any atom is 0.0843 e. The van der Waals surface area contributed by atoms with Crippen LogP contribution >= 0.6 is 0 Å². The molecule has 96 valence electrons. The van der Waals surface area contributed by atoms with Crippen LogP contribution in [0.2, 0.25) is 0 Å². The molecule has 1 aliphatic heterocycles. The number of hydrogen-bond acceptors (Lipinski definition) is 4. The summed E-state index contributed by atoms with van der Waals surface area (Å²) in [5.74, 6) is 0. The smallest absolute Gasteiger partial charge is 0.0843 e. The third-order valence-electron chi connectivity index (χ3n) is 3.26. The van der Waals surface area contributed by atoms with Crippen molar-refractivity contribution in [3.05, 3.63) is 11.9 Å². The van der Waals surface area contributed by atoms with Crippen molar-refractivity contribution < 1.29 is 4.74 Å². The zero-order valence-electron chi connectivity index (χ0n) is 10.9. The Labute approximate surface area is 103 Å². The Morgan fingerprint density at radius 2 is 2.41 bits per heavy atom. The molecule has 1 aromatic heterocycles. The molecule has 3 unspecified atom stereocenters. The van der Waals surface area contributed by atoms with Gasteiger partial charge < -0.3 is 10.1 Å². The molecule has 0 aliphatic carbocycles. The highest BCUT2D eigenvalue weighted by molar-refractivity contribution is 4.98. The van der Waals surface area contributed by atoms with Gasteiger partial charge in [0, 0.05) is 25.7 Å². The van der Waals surface area contributed by atoms with Crippen LogP contribution in [0.4, 0.5) is 0 Å². The van der Waals surface area contributed by atoms with Gasteiger partial charge in [0.2, 0.25) is 0 Å². The van der Waals surface area contributed by atoms with Gasteiger partial charge in [-0.2, -0.15) is 0 Å². The highest BCUT2D eigenvalue weighted by Crippen LogP contribution is 2.23. The van der Waals surface area contributed by atoms with E-state index in [-0.39, 0.29) is 0 Å². The molecule has 0 spiro atoms. The molecular weight excluding hydrogens is 216 g/mol. The van der Waals surface area contributed by atoms with Crippen LogP contribution in [0.1, 0.15) is 32.4 Å². The number of aromatic nitrogens is 3. The van der Waals surface area contributed by atoms with Crippen LogP contribution in [-0.2, 0) is 18.2 Å². The van der Waals surface area contributed by atoms with Gasteiger partial charge in [-0.3, -0.25) is 4.68 Å². The summed E-state index contributed by atoms with van der Waals surface area (Å²) in [7, 11) is 1.90. The summed E-state index contributed by atoms with van der Waals surface area (Å²) in [5, 5.41) is 11.6. The van der Waals surface area contributed by atoms with E-state index < -0.39 is 0 Å². The molecule has 17 heavy (non-hydrogen) atoms. The van der Waals surface area contributed by atoms with E-state index in [1.165, 1.54) is 0 Å². The van der Waals surface area contributed by atoms with E-state index in [1.807, 2.05) is 13.2 Å². The number of nitrogens with one attached hydrogen (secondary N) is 1. The van der Waals surface area contributed by atoms with Gasteiger partial charge in [-0.05, 0) is 26.3 Å². The zero-order valence-corrected chi connectivity index (χ0v) is 10.9. The van der Waals surface area contributed by atoms with Gasteiger partial charge >= 0.3 is 0 Å². The van der Waals surface area contributed by atoms with Crippen LogP contribution in [0.5, 0.6) is 0 Å². The van der Waals surface area contributed by atoms with Gasteiger partial charge in [0.05, 0.1) is 17.9 Å². The summed E-state index contributed by atoms with van der Waals surface area (Å²) in [6, 6.07) is 0.349. The molecule has 0 radical (unpaired) electrons. The van der Waals surface area contributed by atoms with E-state index in [0.29, 0.717) is 18.2 Å². The first-order valence-electron chi connectivity index (χ1n) is 6.43. The predicted octanol–water partition coefficient (Wildman–Crippen LogP) is 0.903. The molecule has 3 atom stereocenters. The molecule has 5 nitrogen and oxygen atoms in total. The van der Waals surface area contributed by atoms with E-state index in [2.05, 4.69) is 29.5 Å². The van der Waals surface area contributed by atoms with Gasteiger partial charge in [0.25, 0.3) is 0 Å². The van der Waals surface area contributed by atoms with E-state index >= 15 is 0 Å². The summed E-state index contributed by atoms with van der Waals surface area (Å²) in [6.07, 6.45) is 5.86. The highest BCUT2D eigenvalue weighted by atomic mass is 16.5. The van der Waals surface area contributed by atoms with Crippen LogP contribution in [0.15, 0.2) is 6.20 Å². The Kier molecular flexibility index (Phi) is 4.12. The molecule has 1 aromatic rings. The van der Waals surface area contributed by atoms with Crippen LogP contribution in [0.25, 0.3) is 0 Å². The van der Waals surface area contributed by atoms with E-state index in [4.69, 9.17) is 4.74 Å². The Morgan fingerprint density at radius 3 is 2.94 bits per heavy atom. The summed E-state index contributed by atoms with van der Waals surface area (Å²) < 4.78 is 7.68. The van der Waals surface area contributed by atoms with E-state index in [9.17, 15) is 0 Å². The Bertz CT molecular complexity index is 352. The number of likely N-dealkylation sites (N-methyl/N-ethyl adjacent to an activating group) is 1. The van der Waals surface area contributed by atoms with Crippen molar-refractivity contribution in [1.29, 1.82) is 0 Å². The van der Waals surface area contributed by atoms with Crippen molar-refractivity contribution in [2.75, 3.05) is 6.54 Å². The molecule has 1 fully saturated rings. The Balaban J connectivity index is 1.97. The van der Waals surface area contributed by atoms with E-state index in [0.717, 1.165) is 31.5 Å². The number of nitrogens with zero attached hydrogens (tertiary/aromatic N) is 3. The SMILES string of the molecule is CCNC(Cc1cn(C)nn1)C1CCC(C)O1. The van der Waals surface area contributed by atoms with Gasteiger partial charge in [0.1, 0.15) is 0 Å². The minimum atomic E-state index is 0.312. The normalized spacial score (nSPS) is 26.3. The van der Waals surface area contributed by atoms with Crippen molar-refractivity contribution in [3.63, 3.8) is 0 Å². The molecule has 0 amide bonds. The maximum absolute atomic E-state index is 5.94. The fraction of sp³-hybridized carbons (Fsp3) is 0.833. The zero-order chi connectivity index (χ0) is 12.3. The molecule has 1 N–H and O–H groups in total. The fourth-order valence-corrected chi connectivity index (χ4v) is 2.44. The third kappa shape index (κ3) is 3.26. The molecule has 2 rings (SSSR count). The average molecular weight is 238 g/mol. The average Bonchev–Trinajstić information content (AvgIpc) is 2.87. The van der Waals surface area contributed by atoms with Crippen LogP contribution in [-0.4, -0.2) is 39.8 Å². The lowest BCUT2D eigenvalue weighted by atomic mass is 10.0. The fourth-order valence-electron chi connectivity index (χ4n) is 2.44. The number of hydrogen-bond donors (Lipinski definition) is 1. The monoisotopic (exact) mass is 238 g/mol.